The molecule has 1 aromatic heterocycles. The van der Waals surface area contributed by atoms with Crippen LogP contribution < -0.4 is 5.73 Å². The number of aromatic nitrogens is 1. The third-order valence-electron chi connectivity index (χ3n) is 5.35. The summed E-state index contributed by atoms with van der Waals surface area (Å²) in [4.78, 5) is 12.0. The van der Waals surface area contributed by atoms with Gasteiger partial charge in [0, 0.05) is 22.9 Å². The molecule has 1 radical (unpaired) electrons. The molecule has 4 aromatic carbocycles. The summed E-state index contributed by atoms with van der Waals surface area (Å²) in [5.41, 5.74) is 11.8. The molecule has 5 rings (SSSR count). The van der Waals surface area contributed by atoms with Crippen molar-refractivity contribution < 1.29 is 4.79 Å². The maximum absolute atomic E-state index is 12.0. The first-order chi connectivity index (χ1) is 14.2. The maximum atomic E-state index is 12.0. The van der Waals surface area contributed by atoms with E-state index >= 15 is 0 Å². The van der Waals surface area contributed by atoms with Crippen molar-refractivity contribution >= 4 is 27.7 Å². The highest BCUT2D eigenvalue weighted by atomic mass is 16.1. The third kappa shape index (κ3) is 2.97. The van der Waals surface area contributed by atoms with Gasteiger partial charge in [-0.25, -0.2) is 0 Å². The monoisotopic (exact) mass is 375 g/mol. The normalized spacial score (nSPS) is 11.2. The van der Waals surface area contributed by atoms with E-state index in [1.54, 1.807) is 6.07 Å². The van der Waals surface area contributed by atoms with E-state index < -0.39 is 5.91 Å². The van der Waals surface area contributed by atoms with Crippen molar-refractivity contribution in [3.63, 3.8) is 0 Å². The Morgan fingerprint density at radius 2 is 1.59 bits per heavy atom. The van der Waals surface area contributed by atoms with Crippen molar-refractivity contribution in [2.75, 3.05) is 0 Å². The van der Waals surface area contributed by atoms with E-state index in [1.807, 2.05) is 30.3 Å². The van der Waals surface area contributed by atoms with E-state index in [9.17, 15) is 4.79 Å². The average Bonchev–Trinajstić information content (AvgIpc) is 3.08. The van der Waals surface area contributed by atoms with Gasteiger partial charge in [-0.05, 0) is 47.0 Å². The lowest BCUT2D eigenvalue weighted by atomic mass is 10.0. The highest BCUT2D eigenvalue weighted by Gasteiger charge is 2.16. The number of rotatable bonds is 4. The van der Waals surface area contributed by atoms with Gasteiger partial charge in [0.2, 0.25) is 5.91 Å². The largest absolute Gasteiger partial charge is 0.366 e. The van der Waals surface area contributed by atoms with Crippen molar-refractivity contribution in [1.29, 1.82) is 0 Å². The molecule has 0 atom stereocenters. The highest BCUT2D eigenvalue weighted by molar-refractivity contribution is 6.17. The minimum absolute atomic E-state index is 0.419. The van der Waals surface area contributed by atoms with E-state index in [4.69, 9.17) is 5.73 Å². The Morgan fingerprint density at radius 3 is 2.41 bits per heavy atom. The smallest absolute Gasteiger partial charge is 0.249 e. The Hall–Kier alpha value is -3.85. The molecule has 0 aliphatic rings. The van der Waals surface area contributed by atoms with Crippen molar-refractivity contribution in [3.05, 3.63) is 108 Å². The number of nitrogens with two attached hydrogens (primary N) is 1. The standard InChI is InChI=1S/C26H19N2O/c27-26(29)22-13-7-15-24-25(22)21-12-4-5-14-23(21)28(24)17-18-8-6-11-20(16-18)19-9-2-1-3-10-19/h1-11,13-16H,17H2,(H2,27,29). The number of hydrogen-bond donors (Lipinski definition) is 1. The summed E-state index contributed by atoms with van der Waals surface area (Å²) in [5.74, 6) is -0.419. The number of fused-ring (bicyclic) bond motifs is 3. The average molecular weight is 375 g/mol. The summed E-state index contributed by atoms with van der Waals surface area (Å²) in [6.07, 6.45) is 0. The topological polar surface area (TPSA) is 48.0 Å². The molecule has 0 saturated carbocycles. The molecule has 0 aliphatic heterocycles. The molecule has 1 amide bonds. The zero-order valence-electron chi connectivity index (χ0n) is 15.8. The lowest BCUT2D eigenvalue weighted by Gasteiger charge is -2.10. The lowest BCUT2D eigenvalue weighted by molar-refractivity contribution is 0.100. The van der Waals surface area contributed by atoms with Gasteiger partial charge >= 0.3 is 0 Å². The fraction of sp³-hybridized carbons (Fsp3) is 0.0385. The van der Waals surface area contributed by atoms with Crippen LogP contribution in [0.5, 0.6) is 0 Å². The van der Waals surface area contributed by atoms with Gasteiger partial charge < -0.3 is 10.3 Å². The van der Waals surface area contributed by atoms with E-state index in [2.05, 4.69) is 65.2 Å². The minimum Gasteiger partial charge on any atom is -0.366 e. The Kier molecular flexibility index (Phi) is 4.14. The Labute approximate surface area is 169 Å². The second kappa shape index (κ2) is 6.95. The number of benzene rings is 4. The van der Waals surface area contributed by atoms with Crippen LogP contribution in [0.2, 0.25) is 0 Å². The molecule has 29 heavy (non-hydrogen) atoms. The van der Waals surface area contributed by atoms with Crippen LogP contribution in [0.4, 0.5) is 0 Å². The van der Waals surface area contributed by atoms with Crippen LogP contribution in [-0.2, 0) is 6.54 Å². The third-order valence-corrected chi connectivity index (χ3v) is 5.35. The van der Waals surface area contributed by atoms with Gasteiger partial charge in [-0.2, -0.15) is 0 Å². The summed E-state index contributed by atoms with van der Waals surface area (Å²) in [6.45, 7) is 0.695. The van der Waals surface area contributed by atoms with E-state index in [-0.39, 0.29) is 0 Å². The molecule has 3 heteroatoms. The second-order valence-corrected chi connectivity index (χ2v) is 7.15. The summed E-state index contributed by atoms with van der Waals surface area (Å²) < 4.78 is 2.23. The summed E-state index contributed by atoms with van der Waals surface area (Å²) in [5, 5.41) is 1.80. The van der Waals surface area contributed by atoms with Gasteiger partial charge in [0.15, 0.2) is 0 Å². The second-order valence-electron chi connectivity index (χ2n) is 7.15. The van der Waals surface area contributed by atoms with Gasteiger partial charge in [0.25, 0.3) is 0 Å². The first kappa shape index (κ1) is 17.3. The highest BCUT2D eigenvalue weighted by Crippen LogP contribution is 2.32. The van der Waals surface area contributed by atoms with Crippen LogP contribution in [0.1, 0.15) is 15.9 Å². The summed E-state index contributed by atoms with van der Waals surface area (Å²) >= 11 is 0. The molecule has 139 valence electrons. The van der Waals surface area contributed by atoms with Gasteiger partial charge in [-0.15, -0.1) is 0 Å². The SMILES string of the molecule is NC(=O)c1cccc2c1c1[c]cccc1n2Cc1cccc(-c2ccccc2)c1. The van der Waals surface area contributed by atoms with Gasteiger partial charge in [0.1, 0.15) is 0 Å². The molecular formula is C26H19N2O. The molecule has 0 bridgehead atoms. The van der Waals surface area contributed by atoms with Crippen LogP contribution in [-0.4, -0.2) is 10.5 Å². The van der Waals surface area contributed by atoms with Crippen LogP contribution >= 0.6 is 0 Å². The van der Waals surface area contributed by atoms with Crippen molar-refractivity contribution in [3.8, 4) is 11.1 Å². The fourth-order valence-corrected chi connectivity index (χ4v) is 4.05. The van der Waals surface area contributed by atoms with Crippen LogP contribution in [0.25, 0.3) is 32.9 Å². The summed E-state index contributed by atoms with van der Waals surface area (Å²) in [7, 11) is 0. The number of carbonyl (C=O) groups excluding carboxylic acids is 1. The van der Waals surface area contributed by atoms with Crippen molar-refractivity contribution in [1.82, 2.24) is 4.57 Å². The van der Waals surface area contributed by atoms with Crippen LogP contribution in [0.3, 0.4) is 0 Å². The molecular weight excluding hydrogens is 356 g/mol. The van der Waals surface area contributed by atoms with E-state index in [0.717, 1.165) is 21.8 Å². The van der Waals surface area contributed by atoms with Gasteiger partial charge in [-0.1, -0.05) is 66.7 Å². The van der Waals surface area contributed by atoms with Gasteiger partial charge in [0.05, 0.1) is 11.0 Å². The number of carbonyl (C=O) groups is 1. The predicted molar refractivity (Wildman–Crippen MR) is 118 cm³/mol. The number of primary amides is 1. The zero-order chi connectivity index (χ0) is 19.8. The molecule has 0 saturated heterocycles. The van der Waals surface area contributed by atoms with E-state index in [0.29, 0.717) is 12.1 Å². The molecule has 0 fully saturated rings. The van der Waals surface area contributed by atoms with Gasteiger partial charge in [-0.3, -0.25) is 4.79 Å². The quantitative estimate of drug-likeness (QED) is 0.449. The fourth-order valence-electron chi connectivity index (χ4n) is 4.05. The van der Waals surface area contributed by atoms with Crippen molar-refractivity contribution in [2.45, 2.75) is 6.54 Å². The minimum atomic E-state index is -0.419. The Bertz CT molecular complexity index is 1350. The molecule has 5 aromatic rings. The molecule has 1 heterocycles. The first-order valence-electron chi connectivity index (χ1n) is 9.58. The lowest BCUT2D eigenvalue weighted by Crippen LogP contribution is -2.11. The number of hydrogen-bond acceptors (Lipinski definition) is 1. The Morgan fingerprint density at radius 1 is 0.828 bits per heavy atom. The molecule has 3 nitrogen and oxygen atoms in total. The number of nitrogens with zero attached hydrogens (tertiary/aromatic N) is 1. The molecule has 2 N–H and O–H groups in total. The molecule has 0 unspecified atom stereocenters. The molecule has 0 spiro atoms. The van der Waals surface area contributed by atoms with Crippen molar-refractivity contribution in [2.24, 2.45) is 5.73 Å². The van der Waals surface area contributed by atoms with Crippen LogP contribution in [0.15, 0.2) is 91.0 Å². The number of amides is 1. The Balaban J connectivity index is 1.68. The summed E-state index contributed by atoms with van der Waals surface area (Å²) in [6, 6.07) is 33.9. The predicted octanol–water partition coefficient (Wildman–Crippen LogP) is 5.41. The zero-order valence-corrected chi connectivity index (χ0v) is 15.8. The van der Waals surface area contributed by atoms with Crippen LogP contribution in [0, 0.1) is 6.07 Å². The molecule has 0 aliphatic carbocycles. The maximum Gasteiger partial charge on any atom is 0.249 e. The van der Waals surface area contributed by atoms with E-state index in [1.165, 1.54) is 16.7 Å². The first-order valence-corrected chi connectivity index (χ1v) is 9.58.